The third-order valence-corrected chi connectivity index (χ3v) is 17.7. The van der Waals surface area contributed by atoms with Crippen LogP contribution in [0.1, 0.15) is 99.5 Å². The van der Waals surface area contributed by atoms with E-state index >= 15 is 8.78 Å². The van der Waals surface area contributed by atoms with E-state index in [4.69, 9.17) is 20.4 Å². The van der Waals surface area contributed by atoms with Crippen molar-refractivity contribution in [1.82, 2.24) is 35.0 Å². The van der Waals surface area contributed by atoms with Gasteiger partial charge in [-0.1, -0.05) is 19.6 Å². The SMILES string of the molecule is C=C1CC[C@H](N2Cc3cc(N4CCN(CC5CC6(CCN(CC7(COc8nc(N9CCC[C@@](C)(O)C9)c9cnc(-c%10cc(N)cc%11ccc(F)c(CC)c%10%11)c(F)c9n8)CC7)CC6)C5)CC4)ccc3C2=O)C(=O)N1. The van der Waals surface area contributed by atoms with E-state index in [1.807, 2.05) is 24.8 Å². The maximum absolute atomic E-state index is 17.2. The molecule has 4 N–H and O–H groups in total. The molecule has 2 atom stereocenters. The summed E-state index contributed by atoms with van der Waals surface area (Å²) in [5.74, 6) is -0.00319. The number of likely N-dealkylation sites (tertiary alicyclic amines) is 1. The van der Waals surface area contributed by atoms with Crippen molar-refractivity contribution in [2.75, 3.05) is 87.6 Å². The lowest BCUT2D eigenvalue weighted by molar-refractivity contribution is -0.126. The van der Waals surface area contributed by atoms with Gasteiger partial charge < -0.3 is 40.5 Å². The first kappa shape index (κ1) is 48.0. The fourth-order valence-electron chi connectivity index (χ4n) is 13.5. The molecule has 5 aliphatic heterocycles. The summed E-state index contributed by atoms with van der Waals surface area (Å²) in [6.07, 6.45) is 11.8. The molecule has 0 radical (unpaired) electrons. The van der Waals surface area contributed by atoms with Gasteiger partial charge in [0.25, 0.3) is 5.91 Å². The number of nitrogens with two attached hydrogens (primary N) is 1. The molecule has 2 aliphatic carbocycles. The summed E-state index contributed by atoms with van der Waals surface area (Å²) in [4.78, 5) is 51.7. The van der Waals surface area contributed by atoms with Gasteiger partial charge in [-0.2, -0.15) is 9.97 Å². The highest BCUT2D eigenvalue weighted by Crippen LogP contribution is 2.54. The van der Waals surface area contributed by atoms with Crippen LogP contribution in [0.4, 0.5) is 26.0 Å². The van der Waals surface area contributed by atoms with Crippen molar-refractivity contribution < 1.29 is 28.2 Å². The van der Waals surface area contributed by atoms with Crippen LogP contribution in [0.25, 0.3) is 32.9 Å². The van der Waals surface area contributed by atoms with Crippen LogP contribution in [0.15, 0.2) is 60.9 Å². The van der Waals surface area contributed by atoms with E-state index < -0.39 is 17.5 Å². The average molecular weight is 995 g/mol. The first-order valence-corrected chi connectivity index (χ1v) is 26.7. The lowest BCUT2D eigenvalue weighted by atomic mass is 9.57. The molecule has 6 fully saturated rings. The molecule has 5 aromatic rings. The van der Waals surface area contributed by atoms with E-state index in [1.54, 1.807) is 29.3 Å². The minimum Gasteiger partial charge on any atom is -0.463 e. The van der Waals surface area contributed by atoms with Crippen LogP contribution in [0.5, 0.6) is 6.01 Å². The Morgan fingerprint density at radius 3 is 2.45 bits per heavy atom. The standard InChI is InChI=1S/C57H68F2N10O4/c1-4-41-45(58)10-7-37-24-39(60)26-43(47(37)41)49-48(59)50-44(29-61-49)51(68-17-5-12-55(3,72)32-68)64-54(63-50)73-34-57(13-14-57)33-66-18-15-56(16-19-66)27-36(28-56)30-65-20-22-67(23-21-65)40-8-9-42-38(25-40)31-69(53(42)71)46-11-6-35(2)62-52(46)70/h7-10,24-26,29,36,46,72H,2,4-6,11-23,27-28,30-34,60H2,1,3H3,(H,62,70)/t46-,55+/m0/s1. The number of aromatic nitrogens is 3. The number of anilines is 3. The number of nitrogens with zero attached hydrogens (tertiary/aromatic N) is 8. The molecule has 3 aromatic carbocycles. The second kappa shape index (κ2) is 18.4. The second-order valence-corrected chi connectivity index (χ2v) is 23.1. The number of piperazine rings is 1. The fourth-order valence-corrected chi connectivity index (χ4v) is 13.5. The number of amides is 2. The van der Waals surface area contributed by atoms with Gasteiger partial charge in [-0.15, -0.1) is 0 Å². The highest BCUT2D eigenvalue weighted by atomic mass is 19.1. The van der Waals surface area contributed by atoms with Gasteiger partial charge in [-0.25, -0.2) is 8.78 Å². The van der Waals surface area contributed by atoms with Crippen LogP contribution < -0.4 is 25.6 Å². The Hall–Kier alpha value is -5.97. The van der Waals surface area contributed by atoms with E-state index in [9.17, 15) is 14.7 Å². The molecule has 1 spiro atoms. The molecule has 2 saturated carbocycles. The number of halogens is 2. The van der Waals surface area contributed by atoms with Crippen molar-refractivity contribution in [3.63, 3.8) is 0 Å². The largest absolute Gasteiger partial charge is 0.463 e. The number of nitrogen functional groups attached to an aromatic ring is 1. The maximum atomic E-state index is 17.2. The molecule has 2 aromatic heterocycles. The van der Waals surface area contributed by atoms with E-state index in [0.717, 1.165) is 94.5 Å². The summed E-state index contributed by atoms with van der Waals surface area (Å²) in [7, 11) is 0. The molecule has 14 nitrogen and oxygen atoms in total. The first-order chi connectivity index (χ1) is 35.1. The number of fused-ring (bicyclic) bond motifs is 3. The molecule has 12 rings (SSSR count). The summed E-state index contributed by atoms with van der Waals surface area (Å²) >= 11 is 0. The third-order valence-electron chi connectivity index (χ3n) is 17.7. The zero-order chi connectivity index (χ0) is 50.4. The Labute approximate surface area is 425 Å². The minimum atomic E-state index is -0.944. The van der Waals surface area contributed by atoms with Gasteiger partial charge in [-0.3, -0.25) is 19.5 Å². The van der Waals surface area contributed by atoms with Gasteiger partial charge in [0.15, 0.2) is 5.82 Å². The monoisotopic (exact) mass is 995 g/mol. The number of aryl methyl sites for hydroxylation is 1. The summed E-state index contributed by atoms with van der Waals surface area (Å²) < 4.78 is 38.9. The Bertz CT molecular complexity index is 3030. The van der Waals surface area contributed by atoms with Gasteiger partial charge in [0.2, 0.25) is 5.91 Å². The number of aliphatic hydroxyl groups is 1. The molecule has 7 aliphatic rings. The molecule has 16 heteroatoms. The predicted octanol–water partition coefficient (Wildman–Crippen LogP) is 7.84. The quantitative estimate of drug-likeness (QED) is 0.104. The summed E-state index contributed by atoms with van der Waals surface area (Å²) in [6, 6.07) is 12.4. The molecule has 384 valence electrons. The van der Waals surface area contributed by atoms with Crippen LogP contribution in [-0.4, -0.2) is 130 Å². The molecule has 2 amide bonds. The van der Waals surface area contributed by atoms with Crippen LogP contribution in [0.3, 0.4) is 0 Å². The van der Waals surface area contributed by atoms with Crippen molar-refractivity contribution in [2.24, 2.45) is 16.7 Å². The van der Waals surface area contributed by atoms with Crippen molar-refractivity contribution in [3.05, 3.63) is 89.3 Å². The molecular weight excluding hydrogens is 927 g/mol. The number of allylic oxidation sites excluding steroid dienone is 1. The smallest absolute Gasteiger partial charge is 0.319 e. The number of benzene rings is 3. The number of nitrogens with one attached hydrogen (secondary N) is 1. The maximum Gasteiger partial charge on any atom is 0.319 e. The molecule has 0 unspecified atom stereocenters. The number of pyridine rings is 1. The number of rotatable bonds is 12. The zero-order valence-electron chi connectivity index (χ0n) is 42.3. The van der Waals surface area contributed by atoms with Crippen molar-refractivity contribution >= 4 is 50.7 Å². The topological polar surface area (TPSA) is 157 Å². The van der Waals surface area contributed by atoms with Crippen LogP contribution >= 0.6 is 0 Å². The number of carbonyl (C=O) groups excluding carboxylic acids is 2. The van der Waals surface area contributed by atoms with E-state index in [1.165, 1.54) is 31.7 Å². The number of hydrogen-bond donors (Lipinski definition) is 3. The second-order valence-electron chi connectivity index (χ2n) is 23.1. The summed E-state index contributed by atoms with van der Waals surface area (Å²) in [6.45, 7) is 17.6. The molecule has 73 heavy (non-hydrogen) atoms. The van der Waals surface area contributed by atoms with Crippen LogP contribution in [0.2, 0.25) is 0 Å². The Morgan fingerprint density at radius 1 is 0.918 bits per heavy atom. The lowest BCUT2D eigenvalue weighted by Crippen LogP contribution is -2.53. The Balaban J connectivity index is 0.660. The summed E-state index contributed by atoms with van der Waals surface area (Å²) in [5.41, 5.74) is 10.8. The molecule has 0 bridgehead atoms. The molecular formula is C57H68F2N10O4. The van der Waals surface area contributed by atoms with Gasteiger partial charge in [-0.05, 0) is 160 Å². The number of ether oxygens (including phenoxy) is 1. The zero-order valence-corrected chi connectivity index (χ0v) is 42.3. The minimum absolute atomic E-state index is 0.0217. The van der Waals surface area contributed by atoms with Crippen LogP contribution in [0, 0.1) is 28.4 Å². The Morgan fingerprint density at radius 2 is 1.71 bits per heavy atom. The van der Waals surface area contributed by atoms with Crippen molar-refractivity contribution in [3.8, 4) is 17.3 Å². The van der Waals surface area contributed by atoms with Gasteiger partial charge in [0.05, 0.1) is 17.6 Å². The van der Waals surface area contributed by atoms with Crippen molar-refractivity contribution in [2.45, 2.75) is 103 Å². The number of carbonyl (C=O) groups is 2. The normalized spacial score (nSPS) is 24.4. The number of hydrogen-bond acceptors (Lipinski definition) is 12. The average Bonchev–Trinajstić information content (AvgIpc) is 4.06. The third kappa shape index (κ3) is 9.15. The predicted molar refractivity (Wildman–Crippen MR) is 279 cm³/mol. The van der Waals surface area contributed by atoms with Gasteiger partial charge in [0.1, 0.15) is 28.9 Å². The summed E-state index contributed by atoms with van der Waals surface area (Å²) in [5, 5.41) is 15.7. The van der Waals surface area contributed by atoms with E-state index in [2.05, 4.69) is 43.7 Å². The Kier molecular flexibility index (Phi) is 12.1. The van der Waals surface area contributed by atoms with Crippen LogP contribution in [-0.2, 0) is 17.8 Å². The highest BCUT2D eigenvalue weighted by molar-refractivity contribution is 6.03. The van der Waals surface area contributed by atoms with Gasteiger partial charge in [0, 0.05) is 98.7 Å². The fraction of sp³-hybridized carbons (Fsp3) is 0.526. The first-order valence-electron chi connectivity index (χ1n) is 26.7. The van der Waals surface area contributed by atoms with E-state index in [-0.39, 0.29) is 40.3 Å². The highest BCUT2D eigenvalue weighted by Gasteiger charge is 2.50. The molecule has 4 saturated heterocycles. The molecule has 7 heterocycles. The number of β-amino-alcohol motifs (C(OH)–C–C–N with tert-alkyl or cyclic N) is 1. The van der Waals surface area contributed by atoms with E-state index in [0.29, 0.717) is 102 Å². The van der Waals surface area contributed by atoms with Crippen molar-refractivity contribution in [1.29, 1.82) is 0 Å². The lowest BCUT2D eigenvalue weighted by Gasteiger charge is -2.54. The number of piperidine rings is 3. The van der Waals surface area contributed by atoms with Gasteiger partial charge >= 0.3 is 6.01 Å².